The number of halogens is 3. The van der Waals surface area contributed by atoms with Gasteiger partial charge in [0.25, 0.3) is 9.70 Å². The zero-order chi connectivity index (χ0) is 91.8. The van der Waals surface area contributed by atoms with Gasteiger partial charge in [0.15, 0.2) is 49.4 Å². The van der Waals surface area contributed by atoms with Crippen molar-refractivity contribution in [1.82, 2.24) is 5.32 Å². The highest BCUT2D eigenvalue weighted by Crippen LogP contribution is 2.44. The quantitative estimate of drug-likeness (QED) is 0.0211. The second-order valence-corrected chi connectivity index (χ2v) is 35.9. The average Bonchev–Trinajstić information content (AvgIpc) is 0.730. The molecule has 0 aromatic heterocycles. The first kappa shape index (κ1) is 98.6. The van der Waals surface area contributed by atoms with Crippen LogP contribution in [0.15, 0.2) is 255 Å². The molecule has 8 aromatic carbocycles. The summed E-state index contributed by atoms with van der Waals surface area (Å²) < 4.78 is 153. The van der Waals surface area contributed by atoms with Crippen molar-refractivity contribution in [3.8, 4) is 0 Å². The van der Waals surface area contributed by atoms with Crippen molar-refractivity contribution in [2.75, 3.05) is 19.8 Å². The number of hydrogen-bond donors (Lipinski definition) is 1. The number of benzene rings is 8. The minimum Gasteiger partial charge on any atom is -0.454 e. The van der Waals surface area contributed by atoms with Crippen LogP contribution < -0.4 is 5.32 Å². The molecule has 14 rings (SSSR count). The Hall–Kier alpha value is -8.35. The molecule has 6 aliphatic heterocycles. The lowest BCUT2D eigenvalue weighted by Gasteiger charge is -2.54. The topological polar surface area (TPSA) is 283 Å². The van der Waals surface area contributed by atoms with E-state index in [0.29, 0.717) is 0 Å². The molecule has 6 saturated heterocycles. The van der Waals surface area contributed by atoms with Crippen molar-refractivity contribution in [2.45, 2.75) is 277 Å². The third kappa shape index (κ3) is 27.7. The number of amides is 1. The highest BCUT2D eigenvalue weighted by atomic mass is 35.6. The normalized spacial score (nSPS) is 30.1. The van der Waals surface area contributed by atoms with Crippen LogP contribution in [0.1, 0.15) is 106 Å². The number of esters is 2. The molecular formula is C101H116Cl3NO26. The lowest BCUT2D eigenvalue weighted by Crippen LogP contribution is -2.73. The molecule has 0 bridgehead atoms. The van der Waals surface area contributed by atoms with Crippen LogP contribution >= 0.6 is 34.8 Å². The third-order valence-electron chi connectivity index (χ3n) is 23.2. The van der Waals surface area contributed by atoms with E-state index in [1.165, 1.54) is 19.9 Å². The van der Waals surface area contributed by atoms with E-state index in [4.69, 9.17) is 139 Å². The number of alkyl halides is 3. The van der Waals surface area contributed by atoms with Crippen LogP contribution in [0.2, 0.25) is 0 Å². The van der Waals surface area contributed by atoms with Gasteiger partial charge in [-0.2, -0.15) is 0 Å². The van der Waals surface area contributed by atoms with E-state index in [2.05, 4.69) is 11.9 Å². The lowest BCUT2D eigenvalue weighted by molar-refractivity contribution is -0.417. The number of Topliss-reactive ketones (excluding diaryl/α,β-unsaturated/α-hetero) is 1. The Morgan fingerprint density at radius 1 is 0.397 bits per heavy atom. The first-order chi connectivity index (χ1) is 63.5. The number of ketones is 1. The van der Waals surface area contributed by atoms with Crippen molar-refractivity contribution >= 4 is 58.4 Å². The van der Waals surface area contributed by atoms with Crippen LogP contribution in [0.25, 0.3) is 0 Å². The summed E-state index contributed by atoms with van der Waals surface area (Å²) in [7, 11) is 0. The minimum absolute atomic E-state index is 0.000881. The average molecular weight is 1870 g/mol. The predicted octanol–water partition coefficient (Wildman–Crippen LogP) is 14.9. The summed E-state index contributed by atoms with van der Waals surface area (Å²) in [4.78, 5) is 56.7. The fraction of sp³-hybridized carbons (Fsp3) is 0.465. The highest BCUT2D eigenvalue weighted by molar-refractivity contribution is 6.76. The summed E-state index contributed by atoms with van der Waals surface area (Å²) >= 11 is 20.1. The van der Waals surface area contributed by atoms with Crippen molar-refractivity contribution in [3.05, 3.63) is 300 Å². The van der Waals surface area contributed by atoms with Gasteiger partial charge in [-0.25, -0.2) is 0 Å². The van der Waals surface area contributed by atoms with Gasteiger partial charge in [0.2, 0.25) is 0 Å². The van der Waals surface area contributed by atoms with E-state index in [0.717, 1.165) is 44.5 Å². The molecular weight excluding hydrogens is 1750 g/mol. The number of carbonyl (C=O) groups is 4. The van der Waals surface area contributed by atoms with Crippen LogP contribution in [0.5, 0.6) is 0 Å². The van der Waals surface area contributed by atoms with Crippen molar-refractivity contribution in [1.29, 1.82) is 0 Å². The molecule has 27 nitrogen and oxygen atoms in total. The van der Waals surface area contributed by atoms with E-state index in [1.54, 1.807) is 27.7 Å². The Morgan fingerprint density at radius 3 is 1.16 bits per heavy atom. The fourth-order valence-electron chi connectivity index (χ4n) is 16.7. The predicted molar refractivity (Wildman–Crippen MR) is 480 cm³/mol. The third-order valence-corrected chi connectivity index (χ3v) is 23.7. The molecule has 6 aliphatic rings. The van der Waals surface area contributed by atoms with Crippen molar-refractivity contribution < 1.29 is 123 Å². The van der Waals surface area contributed by atoms with Crippen LogP contribution in [0, 0.1) is 0 Å². The molecule has 702 valence electrons. The summed E-state index contributed by atoms with van der Waals surface area (Å²) in [5.41, 5.74) is 6.55. The maximum absolute atomic E-state index is 15.2. The Balaban J connectivity index is 0.880. The summed E-state index contributed by atoms with van der Waals surface area (Å²) in [5, 5.41) is 2.92. The molecule has 1 N–H and O–H groups in total. The number of hydrogen-bond acceptors (Lipinski definition) is 26. The number of carbonyl (C=O) groups excluding carboxylic acids is 4. The first-order valence-electron chi connectivity index (χ1n) is 44.4. The van der Waals surface area contributed by atoms with Gasteiger partial charge in [0.1, 0.15) is 97.3 Å². The zero-order valence-corrected chi connectivity index (χ0v) is 76.5. The molecule has 6 fully saturated rings. The van der Waals surface area contributed by atoms with Gasteiger partial charge in [-0.05, 0) is 86.1 Å². The molecule has 0 spiro atoms. The van der Waals surface area contributed by atoms with Crippen LogP contribution in [-0.2, 0) is 176 Å². The second kappa shape index (κ2) is 48.2. The summed E-state index contributed by atoms with van der Waals surface area (Å²) in [6, 6.07) is 74.8. The minimum atomic E-state index is -2.71. The molecule has 8 aromatic rings. The van der Waals surface area contributed by atoms with Gasteiger partial charge in [0, 0.05) is 13.3 Å². The Labute approximate surface area is 779 Å². The molecule has 1 amide bonds. The molecule has 131 heavy (non-hydrogen) atoms. The van der Waals surface area contributed by atoms with Gasteiger partial charge in [-0.15, -0.1) is 6.58 Å². The van der Waals surface area contributed by atoms with Crippen LogP contribution in [0.4, 0.5) is 0 Å². The highest BCUT2D eigenvalue weighted by Gasteiger charge is 2.62. The maximum Gasteiger partial charge on any atom is 0.306 e. The van der Waals surface area contributed by atoms with Gasteiger partial charge in [-0.1, -0.05) is 284 Å². The maximum atomic E-state index is 15.2. The van der Waals surface area contributed by atoms with Gasteiger partial charge in [0.05, 0.1) is 97.4 Å². The van der Waals surface area contributed by atoms with E-state index < -0.39 is 181 Å². The van der Waals surface area contributed by atoms with Gasteiger partial charge >= 0.3 is 11.9 Å². The molecule has 6 heterocycles. The molecule has 0 radical (unpaired) electrons. The zero-order valence-electron chi connectivity index (χ0n) is 74.3. The number of ether oxygens (including phenoxy) is 22. The first-order valence-corrected chi connectivity index (χ1v) is 45.5. The summed E-state index contributed by atoms with van der Waals surface area (Å²) in [6.07, 6.45) is -30.4. The van der Waals surface area contributed by atoms with E-state index in [9.17, 15) is 14.4 Å². The Kier molecular flexibility index (Phi) is 36.3. The fourth-order valence-corrected chi connectivity index (χ4v) is 16.9. The van der Waals surface area contributed by atoms with E-state index in [1.807, 2.05) is 250 Å². The molecule has 30 heteroatoms. The smallest absolute Gasteiger partial charge is 0.306 e. The molecule has 0 aliphatic carbocycles. The van der Waals surface area contributed by atoms with Crippen LogP contribution in [0.3, 0.4) is 0 Å². The summed E-state index contributed by atoms with van der Waals surface area (Å²) in [5.74, 6) is -4.53. The molecule has 25 atom stereocenters. The largest absolute Gasteiger partial charge is 0.454 e. The number of nitrogens with one attached hydrogen (secondary N) is 1. The van der Waals surface area contributed by atoms with Gasteiger partial charge < -0.3 is 114 Å². The molecule has 0 saturated carbocycles. The van der Waals surface area contributed by atoms with E-state index >= 15 is 4.79 Å². The van der Waals surface area contributed by atoms with Gasteiger partial charge in [-0.3, -0.25) is 14.4 Å². The standard InChI is InChI=1S/C101H116Cl3NO26/c1-9-52-111-95-92(88(81(65(4)120-95)113-55-70-38-22-12-23-39-70)128-96-90(118-60-75-48-32-17-33-49-75)87(117-59-74-46-30-16-31-47-74)83(115-57-72-42-26-14-27-43-72)76(125-96)61-110-53-68-34-18-10-19-35-68)130-94-79(105-99(109)101(102,103)104)85(84-77(124-94)62-119-100(7,8)131-84)127-98-93(123-67(6)107)89(82(66(5)122-98)114-56-71-40-24-13-25-41-71)129-97-91(126-78(108)51-50-63(2)106)86(116-58-73-44-28-15-29-45-73)80(64(3)121-97)112-54-69-36-20-11-21-37-69/h9-49,64-66,76-77,79-98H,1,50-62H2,2-8H3,(H,105,109)/t64-,65-,66-,76+,77+,79+,80?,81-,82-,83+,84+,85+,86+,87-,88+,89+,90+,91+,92+,93+,94-,95+,96+,97?,98-/m0/s1. The van der Waals surface area contributed by atoms with Crippen molar-refractivity contribution in [3.63, 3.8) is 0 Å². The van der Waals surface area contributed by atoms with Crippen molar-refractivity contribution in [2.24, 2.45) is 0 Å². The lowest BCUT2D eigenvalue weighted by atomic mass is 9.93. The van der Waals surface area contributed by atoms with Crippen LogP contribution in [-0.4, -0.2) is 206 Å². The SMILES string of the molecule is C=CCO[C@@H]1O[C@@H](C)[C@H](OCc2ccccc2)[C@@H](O[C@H]2O[C@H](COCc3ccccc3)[C@@H](OCc3ccccc3)[C@H](OCc3ccccc3)[C@H]2OCc2ccccc2)[C@H]1O[C@@H]1O[C@@H]2COC(C)(C)O[C@H]2[C@H](O[C@@H]2O[C@@H](C)[C@H](OCc3ccccc3)[C@@H](OC3O[C@@H](C)C(OCc4ccccc4)[C@@H](OCc4ccccc4)[C@H]3OC(=O)CCC(C)=O)[C@H]2OC(C)=O)[C@H]1NC(=O)C(Cl)(Cl)Cl. The Morgan fingerprint density at radius 2 is 0.748 bits per heavy atom. The summed E-state index contributed by atoms with van der Waals surface area (Å²) in [6.45, 7) is 15.3. The monoisotopic (exact) mass is 1860 g/mol. The molecule has 2 unspecified atom stereocenters. The van der Waals surface area contributed by atoms with E-state index in [-0.39, 0.29) is 91.3 Å². The Bertz CT molecular complexity index is 4800. The second-order valence-electron chi connectivity index (χ2n) is 33.6. The number of rotatable bonds is 42. The number of fused-ring (bicyclic) bond motifs is 1.